The van der Waals surface area contributed by atoms with Crippen LogP contribution in [0.15, 0.2) is 60.9 Å². The van der Waals surface area contributed by atoms with Gasteiger partial charge in [-0.05, 0) is 36.1 Å². The van der Waals surface area contributed by atoms with Crippen LogP contribution in [0.4, 0.5) is 0 Å². The minimum atomic E-state index is 0.618. The molecule has 0 N–H and O–H groups in total. The van der Waals surface area contributed by atoms with Crippen LogP contribution >= 0.6 is 0 Å². The molecular formula is C34H48N4O4. The molecule has 3 heterocycles. The van der Waals surface area contributed by atoms with Crippen molar-refractivity contribution in [3.05, 3.63) is 72.1 Å². The van der Waals surface area contributed by atoms with Gasteiger partial charge < -0.3 is 28.1 Å². The van der Waals surface area contributed by atoms with E-state index in [-0.39, 0.29) is 0 Å². The lowest BCUT2D eigenvalue weighted by atomic mass is 10.1. The number of fused-ring (bicyclic) bond motifs is 2. The molecule has 1 fully saturated rings. The molecule has 2 aromatic carbocycles. The summed E-state index contributed by atoms with van der Waals surface area (Å²) in [4.78, 5) is 4.89. The first-order valence-electron chi connectivity index (χ1n) is 15.5. The number of aromatic nitrogens is 2. The van der Waals surface area contributed by atoms with Gasteiger partial charge in [0.1, 0.15) is 0 Å². The molecule has 0 aliphatic carbocycles. The zero-order chi connectivity index (χ0) is 29.0. The van der Waals surface area contributed by atoms with E-state index in [0.717, 1.165) is 52.1 Å². The number of aryl methyl sites for hydroxylation is 2. The van der Waals surface area contributed by atoms with Gasteiger partial charge in [0.2, 0.25) is 0 Å². The first kappa shape index (κ1) is 30.7. The molecule has 0 spiro atoms. The minimum Gasteiger partial charge on any atom is -0.378 e. The second kappa shape index (κ2) is 16.2. The van der Waals surface area contributed by atoms with Crippen molar-refractivity contribution >= 4 is 21.8 Å². The molecule has 0 amide bonds. The van der Waals surface area contributed by atoms with E-state index < -0.39 is 0 Å². The highest BCUT2D eigenvalue weighted by molar-refractivity contribution is 5.84. The van der Waals surface area contributed by atoms with Gasteiger partial charge in [-0.25, -0.2) is 0 Å². The van der Waals surface area contributed by atoms with Crippen LogP contribution in [0.2, 0.25) is 0 Å². The Morgan fingerprint density at radius 3 is 1.24 bits per heavy atom. The lowest BCUT2D eigenvalue weighted by Crippen LogP contribution is -2.34. The zero-order valence-corrected chi connectivity index (χ0v) is 25.5. The average Bonchev–Trinajstić information content (AvgIpc) is 3.51. The van der Waals surface area contributed by atoms with E-state index in [1.54, 1.807) is 0 Å². The predicted molar refractivity (Wildman–Crippen MR) is 169 cm³/mol. The molecule has 0 saturated carbocycles. The Hall–Kier alpha value is -2.72. The van der Waals surface area contributed by atoms with Crippen molar-refractivity contribution in [2.75, 3.05) is 92.1 Å². The summed E-state index contributed by atoms with van der Waals surface area (Å²) in [6.07, 6.45) is 6.54. The van der Waals surface area contributed by atoms with Crippen LogP contribution in [-0.4, -0.2) is 111 Å². The van der Waals surface area contributed by atoms with E-state index in [0.29, 0.717) is 52.9 Å². The van der Waals surface area contributed by atoms with Crippen LogP contribution in [0.5, 0.6) is 0 Å². The normalized spacial score (nSPS) is 18.3. The molecule has 8 heteroatoms. The molecular weight excluding hydrogens is 528 g/mol. The zero-order valence-electron chi connectivity index (χ0n) is 25.5. The second-order valence-corrected chi connectivity index (χ2v) is 11.2. The van der Waals surface area contributed by atoms with Crippen molar-refractivity contribution in [1.29, 1.82) is 0 Å². The van der Waals surface area contributed by atoms with Gasteiger partial charge in [-0.3, -0.25) is 9.80 Å². The Bertz CT molecular complexity index is 1240. The summed E-state index contributed by atoms with van der Waals surface area (Å²) in [7, 11) is 4.25. The number of hydrogen-bond acceptors (Lipinski definition) is 6. The summed E-state index contributed by atoms with van der Waals surface area (Å²) < 4.78 is 28.3. The highest BCUT2D eigenvalue weighted by atomic mass is 16.5. The molecule has 1 aliphatic rings. The molecule has 1 aliphatic heterocycles. The van der Waals surface area contributed by atoms with Gasteiger partial charge >= 0.3 is 0 Å². The van der Waals surface area contributed by atoms with E-state index in [4.69, 9.17) is 18.9 Å². The third-order valence-electron chi connectivity index (χ3n) is 8.31. The molecule has 0 unspecified atom stereocenters. The van der Waals surface area contributed by atoms with Gasteiger partial charge in [-0.1, -0.05) is 36.4 Å². The fraction of sp³-hybridized carbons (Fsp3) is 0.529. The lowest BCUT2D eigenvalue weighted by Gasteiger charge is -2.23. The third-order valence-corrected chi connectivity index (χ3v) is 8.31. The maximum Gasteiger partial charge on any atom is 0.0701 e. The maximum atomic E-state index is 5.96. The Balaban J connectivity index is 1.07. The minimum absolute atomic E-state index is 0.618. The molecule has 42 heavy (non-hydrogen) atoms. The van der Waals surface area contributed by atoms with Crippen molar-refractivity contribution in [2.24, 2.45) is 14.1 Å². The van der Waals surface area contributed by atoms with Crippen LogP contribution in [-0.2, 0) is 45.9 Å². The fourth-order valence-corrected chi connectivity index (χ4v) is 5.90. The topological polar surface area (TPSA) is 53.3 Å². The van der Waals surface area contributed by atoms with Gasteiger partial charge in [-0.2, -0.15) is 0 Å². The van der Waals surface area contributed by atoms with Crippen molar-refractivity contribution in [3.8, 4) is 0 Å². The van der Waals surface area contributed by atoms with E-state index in [1.165, 1.54) is 32.9 Å². The molecule has 228 valence electrons. The molecule has 0 atom stereocenters. The Morgan fingerprint density at radius 1 is 0.500 bits per heavy atom. The summed E-state index contributed by atoms with van der Waals surface area (Å²) >= 11 is 0. The molecule has 2 aromatic heterocycles. The largest absolute Gasteiger partial charge is 0.378 e. The quantitative estimate of drug-likeness (QED) is 0.344. The second-order valence-electron chi connectivity index (χ2n) is 11.2. The molecule has 0 radical (unpaired) electrons. The van der Waals surface area contributed by atoms with Crippen LogP contribution < -0.4 is 0 Å². The Kier molecular flexibility index (Phi) is 11.9. The van der Waals surface area contributed by atoms with E-state index in [2.05, 4.69) is 94.0 Å². The SMILES string of the molecule is Cn1cc(CCN2CCOCCOCCN(CCc3cn(C)c4ccccc34)CCOCCOCC2)c2ccccc21. The summed E-state index contributed by atoms with van der Waals surface area (Å²) in [5, 5.41) is 2.69. The van der Waals surface area contributed by atoms with E-state index in [1.807, 2.05) is 0 Å². The molecule has 1 saturated heterocycles. The van der Waals surface area contributed by atoms with E-state index >= 15 is 0 Å². The van der Waals surface area contributed by atoms with Crippen LogP contribution in [0, 0.1) is 0 Å². The predicted octanol–water partition coefficient (Wildman–Crippen LogP) is 4.14. The summed E-state index contributed by atoms with van der Waals surface area (Å²) in [5.41, 5.74) is 5.35. The Labute approximate surface area is 250 Å². The number of benzene rings is 2. The summed E-state index contributed by atoms with van der Waals surface area (Å²) in [6, 6.07) is 17.3. The van der Waals surface area contributed by atoms with Gasteiger partial charge in [0.05, 0.1) is 52.9 Å². The first-order chi connectivity index (χ1) is 20.7. The maximum absolute atomic E-state index is 5.96. The van der Waals surface area contributed by atoms with Crippen LogP contribution in [0.3, 0.4) is 0 Å². The fourth-order valence-electron chi connectivity index (χ4n) is 5.90. The van der Waals surface area contributed by atoms with Gasteiger partial charge in [0.15, 0.2) is 0 Å². The number of nitrogens with zero attached hydrogens (tertiary/aromatic N) is 4. The smallest absolute Gasteiger partial charge is 0.0701 e. The monoisotopic (exact) mass is 576 g/mol. The first-order valence-corrected chi connectivity index (χ1v) is 15.5. The molecule has 5 rings (SSSR count). The van der Waals surface area contributed by atoms with E-state index in [9.17, 15) is 0 Å². The van der Waals surface area contributed by atoms with Crippen molar-refractivity contribution in [2.45, 2.75) is 12.8 Å². The highest BCUT2D eigenvalue weighted by Gasteiger charge is 2.12. The molecule has 4 aromatic rings. The van der Waals surface area contributed by atoms with Crippen molar-refractivity contribution < 1.29 is 18.9 Å². The van der Waals surface area contributed by atoms with Crippen LogP contribution in [0.25, 0.3) is 21.8 Å². The highest BCUT2D eigenvalue weighted by Crippen LogP contribution is 2.22. The molecule has 8 nitrogen and oxygen atoms in total. The lowest BCUT2D eigenvalue weighted by molar-refractivity contribution is 0.00836. The van der Waals surface area contributed by atoms with Crippen molar-refractivity contribution in [1.82, 2.24) is 18.9 Å². The Morgan fingerprint density at radius 2 is 0.857 bits per heavy atom. The number of hydrogen-bond donors (Lipinski definition) is 0. The van der Waals surface area contributed by atoms with Gasteiger partial charge in [0.25, 0.3) is 0 Å². The van der Waals surface area contributed by atoms with Gasteiger partial charge in [-0.15, -0.1) is 0 Å². The average molecular weight is 577 g/mol. The number of rotatable bonds is 6. The number of para-hydroxylation sites is 2. The number of ether oxygens (including phenoxy) is 4. The third kappa shape index (κ3) is 8.66. The molecule has 0 bridgehead atoms. The van der Waals surface area contributed by atoms with Gasteiger partial charge in [0, 0.05) is 87.6 Å². The van der Waals surface area contributed by atoms with Crippen LogP contribution in [0.1, 0.15) is 11.1 Å². The summed E-state index contributed by atoms with van der Waals surface area (Å²) in [6.45, 7) is 10.7. The van der Waals surface area contributed by atoms with Crippen molar-refractivity contribution in [3.63, 3.8) is 0 Å². The summed E-state index contributed by atoms with van der Waals surface area (Å²) in [5.74, 6) is 0. The standard InChI is InChI=1S/C34H48N4O4/c1-35-27-29(31-7-3-5-9-33(31)35)11-13-37-15-19-39-23-25-41-21-17-38(18-22-42-26-24-40-20-16-37)14-12-30-28-36(2)34-10-6-4-8-32(30)34/h3-10,27-28H,11-26H2,1-2H3.